The molecule has 1 aromatic heterocycles. The van der Waals surface area contributed by atoms with Crippen LogP contribution < -0.4 is 11.5 Å². The molecule has 0 saturated carbocycles. The Morgan fingerprint density at radius 2 is 2.00 bits per heavy atom. The summed E-state index contributed by atoms with van der Waals surface area (Å²) < 4.78 is 28.3. The van der Waals surface area contributed by atoms with Gasteiger partial charge in [0.25, 0.3) is 0 Å². The van der Waals surface area contributed by atoms with Crippen LogP contribution in [-0.4, -0.2) is 6.54 Å². The van der Waals surface area contributed by atoms with E-state index in [0.717, 1.165) is 0 Å². The van der Waals surface area contributed by atoms with Crippen LogP contribution in [0.1, 0.15) is 11.6 Å². The lowest BCUT2D eigenvalue weighted by atomic mass is 10.0. The van der Waals surface area contributed by atoms with Crippen LogP contribution in [0.4, 0.5) is 8.78 Å². The van der Waals surface area contributed by atoms with Crippen molar-refractivity contribution >= 4 is 22.9 Å². The van der Waals surface area contributed by atoms with Gasteiger partial charge in [0.1, 0.15) is 0 Å². The normalized spacial score (nSPS) is 12.7. The maximum absolute atomic E-state index is 13.9. The molecule has 0 radical (unpaired) electrons. The van der Waals surface area contributed by atoms with Crippen LogP contribution in [0.2, 0.25) is 4.34 Å². The molecule has 0 aliphatic heterocycles. The van der Waals surface area contributed by atoms with Crippen LogP contribution in [0.5, 0.6) is 0 Å². The monoisotopic (exact) mass is 288 g/mol. The molecule has 0 aliphatic carbocycles. The Labute approximate surface area is 112 Å². The van der Waals surface area contributed by atoms with E-state index in [9.17, 15) is 8.78 Å². The Balaban J connectivity index is 2.50. The molecule has 2 nitrogen and oxygen atoms in total. The largest absolute Gasteiger partial charge is 0.329 e. The van der Waals surface area contributed by atoms with Gasteiger partial charge in [0.2, 0.25) is 0 Å². The summed E-state index contributed by atoms with van der Waals surface area (Å²) in [6.45, 7) is 0.0555. The van der Waals surface area contributed by atoms with Gasteiger partial charge in [-0.25, -0.2) is 8.78 Å². The van der Waals surface area contributed by atoms with Crippen LogP contribution in [0.3, 0.4) is 0 Å². The highest BCUT2D eigenvalue weighted by molar-refractivity contribution is 7.14. The fourth-order valence-electron chi connectivity index (χ4n) is 1.65. The van der Waals surface area contributed by atoms with Crippen molar-refractivity contribution in [3.05, 3.63) is 45.1 Å². The van der Waals surface area contributed by atoms with E-state index in [1.165, 1.54) is 23.5 Å². The molecular formula is C12H11ClF2N2S. The molecular weight excluding hydrogens is 278 g/mol. The van der Waals surface area contributed by atoms with Gasteiger partial charge in [0.05, 0.1) is 4.34 Å². The smallest absolute Gasteiger partial charge is 0.167 e. The first kappa shape index (κ1) is 13.4. The lowest BCUT2D eigenvalue weighted by Crippen LogP contribution is -2.22. The molecule has 1 aromatic carbocycles. The van der Waals surface area contributed by atoms with Gasteiger partial charge in [-0.15, -0.1) is 11.3 Å². The number of halogens is 3. The molecule has 1 heterocycles. The number of nitrogens with two attached hydrogens (primary N) is 2. The molecule has 0 fully saturated rings. The molecule has 96 valence electrons. The summed E-state index contributed by atoms with van der Waals surface area (Å²) in [5.74, 6) is -1.88. The van der Waals surface area contributed by atoms with E-state index in [1.807, 2.05) is 0 Å². The molecule has 0 amide bonds. The van der Waals surface area contributed by atoms with Gasteiger partial charge in [-0.2, -0.15) is 0 Å². The lowest BCUT2D eigenvalue weighted by Gasteiger charge is -2.12. The van der Waals surface area contributed by atoms with E-state index in [1.54, 1.807) is 11.4 Å². The number of hydrogen-bond acceptors (Lipinski definition) is 3. The number of benzene rings is 1. The summed E-state index contributed by atoms with van der Waals surface area (Å²) in [4.78, 5) is 0. The first-order chi connectivity index (χ1) is 8.54. The van der Waals surface area contributed by atoms with E-state index >= 15 is 0 Å². The van der Waals surface area contributed by atoms with Gasteiger partial charge < -0.3 is 11.5 Å². The maximum atomic E-state index is 13.9. The average molecular weight is 289 g/mol. The average Bonchev–Trinajstić information content (AvgIpc) is 2.78. The number of hydrogen-bond donors (Lipinski definition) is 2. The molecule has 0 aliphatic rings. The van der Waals surface area contributed by atoms with Gasteiger partial charge in [0.15, 0.2) is 11.6 Å². The zero-order chi connectivity index (χ0) is 13.3. The zero-order valence-corrected chi connectivity index (χ0v) is 10.9. The molecule has 1 atom stereocenters. The minimum Gasteiger partial charge on any atom is -0.329 e. The summed E-state index contributed by atoms with van der Waals surface area (Å²) >= 11 is 7.03. The molecule has 6 heteroatoms. The van der Waals surface area contributed by atoms with Crippen LogP contribution in [0.25, 0.3) is 11.1 Å². The molecule has 0 bridgehead atoms. The maximum Gasteiger partial charge on any atom is 0.167 e. The third-order valence-corrected chi connectivity index (χ3v) is 3.74. The van der Waals surface area contributed by atoms with E-state index in [4.69, 9.17) is 23.1 Å². The molecule has 1 unspecified atom stereocenters. The van der Waals surface area contributed by atoms with Crippen molar-refractivity contribution in [2.24, 2.45) is 11.5 Å². The number of rotatable bonds is 3. The Morgan fingerprint density at radius 1 is 1.28 bits per heavy atom. The highest BCUT2D eigenvalue weighted by Crippen LogP contribution is 2.32. The van der Waals surface area contributed by atoms with Crippen molar-refractivity contribution in [3.63, 3.8) is 0 Å². The highest BCUT2D eigenvalue weighted by atomic mass is 35.5. The molecule has 4 N–H and O–H groups in total. The second-order valence-electron chi connectivity index (χ2n) is 3.81. The molecule has 0 saturated heterocycles. The van der Waals surface area contributed by atoms with Gasteiger partial charge in [0, 0.05) is 29.1 Å². The van der Waals surface area contributed by atoms with Crippen LogP contribution in [-0.2, 0) is 0 Å². The SMILES string of the molecule is NCC(N)c1ccc(-c2csc(Cl)c2)c(F)c1F. The van der Waals surface area contributed by atoms with Crippen molar-refractivity contribution in [2.75, 3.05) is 6.54 Å². The van der Waals surface area contributed by atoms with Gasteiger partial charge >= 0.3 is 0 Å². The Kier molecular flexibility index (Phi) is 3.97. The van der Waals surface area contributed by atoms with E-state index in [-0.39, 0.29) is 17.7 Å². The summed E-state index contributed by atoms with van der Waals surface area (Å²) in [7, 11) is 0. The minimum absolute atomic E-state index is 0.0555. The third kappa shape index (κ3) is 2.40. The summed E-state index contributed by atoms with van der Waals surface area (Å²) in [5.41, 5.74) is 11.8. The topological polar surface area (TPSA) is 52.0 Å². The molecule has 0 spiro atoms. The van der Waals surface area contributed by atoms with Crippen molar-refractivity contribution in [1.29, 1.82) is 0 Å². The highest BCUT2D eigenvalue weighted by Gasteiger charge is 2.18. The molecule has 2 aromatic rings. The van der Waals surface area contributed by atoms with Crippen molar-refractivity contribution in [2.45, 2.75) is 6.04 Å². The van der Waals surface area contributed by atoms with Gasteiger partial charge in [-0.3, -0.25) is 0 Å². The molecule has 18 heavy (non-hydrogen) atoms. The summed E-state index contributed by atoms with van der Waals surface area (Å²) in [5, 5.41) is 1.67. The van der Waals surface area contributed by atoms with E-state index < -0.39 is 17.7 Å². The standard InChI is InChI=1S/C12H11ClF2N2S/c13-10-3-6(5-18-10)7-1-2-8(9(17)4-16)12(15)11(7)14/h1-3,5,9H,4,16-17H2. The van der Waals surface area contributed by atoms with E-state index in [2.05, 4.69) is 0 Å². The Morgan fingerprint density at radius 3 is 2.56 bits per heavy atom. The fourth-order valence-corrected chi connectivity index (χ4v) is 2.53. The summed E-state index contributed by atoms with van der Waals surface area (Å²) in [6, 6.07) is 3.82. The third-order valence-electron chi connectivity index (χ3n) is 2.64. The molecule has 2 rings (SSSR count). The first-order valence-corrected chi connectivity index (χ1v) is 6.48. The zero-order valence-electron chi connectivity index (χ0n) is 9.29. The predicted octanol–water partition coefficient (Wildman–Crippen LogP) is 3.31. The lowest BCUT2D eigenvalue weighted by molar-refractivity contribution is 0.491. The van der Waals surface area contributed by atoms with Crippen molar-refractivity contribution < 1.29 is 8.78 Å². The van der Waals surface area contributed by atoms with Crippen molar-refractivity contribution in [1.82, 2.24) is 0 Å². The quantitative estimate of drug-likeness (QED) is 0.910. The second-order valence-corrected chi connectivity index (χ2v) is 5.35. The van der Waals surface area contributed by atoms with Gasteiger partial charge in [-0.1, -0.05) is 23.7 Å². The minimum atomic E-state index is -0.951. The first-order valence-electron chi connectivity index (χ1n) is 5.22. The predicted molar refractivity (Wildman–Crippen MR) is 70.7 cm³/mol. The summed E-state index contributed by atoms with van der Waals surface area (Å²) in [6.07, 6.45) is 0. The van der Waals surface area contributed by atoms with Crippen LogP contribution in [0, 0.1) is 11.6 Å². The van der Waals surface area contributed by atoms with Crippen molar-refractivity contribution in [3.8, 4) is 11.1 Å². The second kappa shape index (κ2) is 5.32. The van der Waals surface area contributed by atoms with Crippen LogP contribution >= 0.6 is 22.9 Å². The number of thiophene rings is 1. The fraction of sp³-hybridized carbons (Fsp3) is 0.167. The van der Waals surface area contributed by atoms with Gasteiger partial charge in [-0.05, 0) is 11.6 Å². The van der Waals surface area contributed by atoms with E-state index in [0.29, 0.717) is 9.90 Å². The Bertz CT molecular complexity index is 571. The Hall–Kier alpha value is -1.01. The van der Waals surface area contributed by atoms with Crippen LogP contribution in [0.15, 0.2) is 23.6 Å².